The molecular formula is C18H30N2O. The third kappa shape index (κ3) is 4.99. The van der Waals surface area contributed by atoms with E-state index in [-0.39, 0.29) is 5.54 Å². The lowest BCUT2D eigenvalue weighted by atomic mass is 9.89. The van der Waals surface area contributed by atoms with Crippen molar-refractivity contribution in [1.82, 2.24) is 10.3 Å². The number of aromatic nitrogens is 1. The summed E-state index contributed by atoms with van der Waals surface area (Å²) in [6.07, 6.45) is 8.80. The Labute approximate surface area is 129 Å². The van der Waals surface area contributed by atoms with Crippen molar-refractivity contribution in [2.75, 3.05) is 13.2 Å². The Morgan fingerprint density at radius 1 is 1.29 bits per heavy atom. The molecule has 1 aromatic rings. The smallest absolute Gasteiger partial charge is 0.137 e. The first-order valence-electron chi connectivity index (χ1n) is 8.32. The van der Waals surface area contributed by atoms with Gasteiger partial charge in [0.05, 0.1) is 12.8 Å². The van der Waals surface area contributed by atoms with E-state index in [9.17, 15) is 0 Å². The first-order valence-corrected chi connectivity index (χ1v) is 8.32. The molecular weight excluding hydrogens is 260 g/mol. The number of rotatable bonds is 6. The van der Waals surface area contributed by atoms with Crippen LogP contribution in [0.1, 0.15) is 64.9 Å². The van der Waals surface area contributed by atoms with E-state index in [1.54, 1.807) is 0 Å². The first kappa shape index (κ1) is 16.3. The minimum atomic E-state index is 0.192. The molecule has 0 radical (unpaired) electrons. The average Bonchev–Trinajstić information content (AvgIpc) is 2.91. The first-order chi connectivity index (χ1) is 9.99. The van der Waals surface area contributed by atoms with E-state index in [1.165, 1.54) is 24.8 Å². The molecule has 0 aliphatic heterocycles. The SMILES string of the molecule is CCCOc1cncc(C2CCCC2CNC(C)(C)C)c1. The Hall–Kier alpha value is -1.09. The maximum absolute atomic E-state index is 5.73. The Balaban J connectivity index is 2.02. The summed E-state index contributed by atoms with van der Waals surface area (Å²) in [6, 6.07) is 2.20. The second kappa shape index (κ2) is 7.26. The summed E-state index contributed by atoms with van der Waals surface area (Å²) >= 11 is 0. The van der Waals surface area contributed by atoms with Crippen LogP contribution in [0, 0.1) is 5.92 Å². The molecule has 1 heterocycles. The van der Waals surface area contributed by atoms with Crippen molar-refractivity contribution in [2.45, 2.75) is 64.8 Å². The van der Waals surface area contributed by atoms with Gasteiger partial charge in [-0.2, -0.15) is 0 Å². The van der Waals surface area contributed by atoms with Gasteiger partial charge in [0.1, 0.15) is 5.75 Å². The van der Waals surface area contributed by atoms with E-state index in [0.717, 1.165) is 25.3 Å². The van der Waals surface area contributed by atoms with Gasteiger partial charge in [-0.3, -0.25) is 4.98 Å². The van der Waals surface area contributed by atoms with Crippen molar-refractivity contribution < 1.29 is 4.74 Å². The highest BCUT2D eigenvalue weighted by Crippen LogP contribution is 2.40. The lowest BCUT2D eigenvalue weighted by Crippen LogP contribution is -2.39. The number of nitrogens with one attached hydrogen (secondary N) is 1. The maximum Gasteiger partial charge on any atom is 0.137 e. The third-order valence-electron chi connectivity index (χ3n) is 4.19. The zero-order valence-electron chi connectivity index (χ0n) is 14.0. The number of hydrogen-bond donors (Lipinski definition) is 1. The van der Waals surface area contributed by atoms with Crippen molar-refractivity contribution >= 4 is 0 Å². The van der Waals surface area contributed by atoms with Crippen LogP contribution in [-0.2, 0) is 0 Å². The van der Waals surface area contributed by atoms with Crippen LogP contribution in [0.5, 0.6) is 5.75 Å². The van der Waals surface area contributed by atoms with Gasteiger partial charge in [0.15, 0.2) is 0 Å². The van der Waals surface area contributed by atoms with Gasteiger partial charge in [-0.1, -0.05) is 13.3 Å². The standard InChI is InChI=1S/C18H30N2O/c1-5-9-21-16-10-15(11-19-13-16)17-8-6-7-14(17)12-20-18(2,3)4/h10-11,13-14,17,20H,5-9,12H2,1-4H3. The minimum Gasteiger partial charge on any atom is -0.492 e. The second-order valence-electron chi connectivity index (χ2n) is 7.23. The Kier molecular flexibility index (Phi) is 5.63. The van der Waals surface area contributed by atoms with Gasteiger partial charge in [0.2, 0.25) is 0 Å². The lowest BCUT2D eigenvalue weighted by molar-refractivity contribution is 0.314. The van der Waals surface area contributed by atoms with Crippen molar-refractivity contribution in [2.24, 2.45) is 5.92 Å². The van der Waals surface area contributed by atoms with Gasteiger partial charge in [0, 0.05) is 11.7 Å². The average molecular weight is 290 g/mol. The minimum absolute atomic E-state index is 0.192. The van der Waals surface area contributed by atoms with E-state index in [1.807, 2.05) is 12.4 Å². The summed E-state index contributed by atoms with van der Waals surface area (Å²) in [6.45, 7) is 10.7. The molecule has 3 nitrogen and oxygen atoms in total. The molecule has 0 spiro atoms. The van der Waals surface area contributed by atoms with Crippen molar-refractivity contribution in [3.05, 3.63) is 24.0 Å². The molecule has 1 saturated carbocycles. The van der Waals surface area contributed by atoms with Crippen LogP contribution in [0.25, 0.3) is 0 Å². The van der Waals surface area contributed by atoms with Crippen molar-refractivity contribution in [3.63, 3.8) is 0 Å². The third-order valence-corrected chi connectivity index (χ3v) is 4.19. The zero-order valence-corrected chi connectivity index (χ0v) is 14.0. The summed E-state index contributed by atoms with van der Waals surface area (Å²) in [5.41, 5.74) is 1.54. The van der Waals surface area contributed by atoms with Gasteiger partial charge >= 0.3 is 0 Å². The molecule has 3 heteroatoms. The molecule has 1 N–H and O–H groups in total. The van der Waals surface area contributed by atoms with Crippen LogP contribution in [0.4, 0.5) is 0 Å². The van der Waals surface area contributed by atoms with Crippen LogP contribution in [0.15, 0.2) is 18.5 Å². The molecule has 0 saturated heterocycles. The molecule has 0 amide bonds. The molecule has 2 unspecified atom stereocenters. The summed E-state index contributed by atoms with van der Waals surface area (Å²) in [5, 5.41) is 3.66. The molecule has 118 valence electrons. The van der Waals surface area contributed by atoms with Gasteiger partial charge in [0.25, 0.3) is 0 Å². The predicted molar refractivity (Wildman–Crippen MR) is 87.9 cm³/mol. The molecule has 2 atom stereocenters. The van der Waals surface area contributed by atoms with Crippen LogP contribution in [0.3, 0.4) is 0 Å². The summed E-state index contributed by atoms with van der Waals surface area (Å²) < 4.78 is 5.73. The topological polar surface area (TPSA) is 34.1 Å². The molecule has 21 heavy (non-hydrogen) atoms. The molecule has 1 aliphatic rings. The van der Waals surface area contributed by atoms with Crippen LogP contribution >= 0.6 is 0 Å². The fourth-order valence-electron chi connectivity index (χ4n) is 3.09. The van der Waals surface area contributed by atoms with Crippen LogP contribution in [0.2, 0.25) is 0 Å². The van der Waals surface area contributed by atoms with E-state index in [0.29, 0.717) is 11.8 Å². The summed E-state index contributed by atoms with van der Waals surface area (Å²) in [7, 11) is 0. The molecule has 0 aromatic carbocycles. The highest BCUT2D eigenvalue weighted by molar-refractivity contribution is 5.27. The molecule has 0 bridgehead atoms. The second-order valence-corrected chi connectivity index (χ2v) is 7.23. The number of ether oxygens (including phenoxy) is 1. The Bertz CT molecular complexity index is 439. The van der Waals surface area contributed by atoms with Crippen LogP contribution in [-0.4, -0.2) is 23.7 Å². The van der Waals surface area contributed by atoms with Crippen LogP contribution < -0.4 is 10.1 Å². The molecule has 1 fully saturated rings. The number of hydrogen-bond acceptors (Lipinski definition) is 3. The normalized spacial score (nSPS) is 22.5. The quantitative estimate of drug-likeness (QED) is 0.855. The van der Waals surface area contributed by atoms with Gasteiger partial charge in [-0.25, -0.2) is 0 Å². The summed E-state index contributed by atoms with van der Waals surface area (Å²) in [5.74, 6) is 2.26. The lowest BCUT2D eigenvalue weighted by Gasteiger charge is -2.26. The fraction of sp³-hybridized carbons (Fsp3) is 0.722. The molecule has 1 aliphatic carbocycles. The molecule has 1 aromatic heterocycles. The highest BCUT2D eigenvalue weighted by Gasteiger charge is 2.29. The predicted octanol–water partition coefficient (Wildman–Crippen LogP) is 4.14. The van der Waals surface area contributed by atoms with Crippen molar-refractivity contribution in [1.29, 1.82) is 0 Å². The fourth-order valence-corrected chi connectivity index (χ4v) is 3.09. The highest BCUT2D eigenvalue weighted by atomic mass is 16.5. The zero-order chi connectivity index (χ0) is 15.3. The van der Waals surface area contributed by atoms with Gasteiger partial charge in [-0.15, -0.1) is 0 Å². The summed E-state index contributed by atoms with van der Waals surface area (Å²) in [4.78, 5) is 4.38. The molecule has 2 rings (SSSR count). The van der Waals surface area contributed by atoms with E-state index < -0.39 is 0 Å². The maximum atomic E-state index is 5.73. The monoisotopic (exact) mass is 290 g/mol. The van der Waals surface area contributed by atoms with Gasteiger partial charge < -0.3 is 10.1 Å². The van der Waals surface area contributed by atoms with Gasteiger partial charge in [-0.05, 0) is 70.0 Å². The number of nitrogens with zero attached hydrogens (tertiary/aromatic N) is 1. The van der Waals surface area contributed by atoms with E-state index in [4.69, 9.17) is 4.74 Å². The van der Waals surface area contributed by atoms with Crippen molar-refractivity contribution in [3.8, 4) is 5.75 Å². The Morgan fingerprint density at radius 2 is 2.10 bits per heavy atom. The van der Waals surface area contributed by atoms with E-state index in [2.05, 4.69) is 44.1 Å². The largest absolute Gasteiger partial charge is 0.492 e. The number of pyridine rings is 1. The van der Waals surface area contributed by atoms with E-state index >= 15 is 0 Å². The Morgan fingerprint density at radius 3 is 2.81 bits per heavy atom.